The Kier molecular flexibility index (Phi) is 7.14. The second-order valence-electron chi connectivity index (χ2n) is 7.15. The Balaban J connectivity index is 1.59. The summed E-state index contributed by atoms with van der Waals surface area (Å²) in [6, 6.07) is 23.3. The van der Waals surface area contributed by atoms with E-state index in [9.17, 15) is 18.0 Å². The number of hydrogen-bond donors (Lipinski definition) is 0. The smallest absolute Gasteiger partial charge is 0.409 e. The molecule has 0 saturated carbocycles. The first-order chi connectivity index (χ1) is 16.8. The molecule has 1 amide bonds. The fourth-order valence-electron chi connectivity index (χ4n) is 2.95. The predicted octanol–water partition coefficient (Wildman–Crippen LogP) is 6.03. The summed E-state index contributed by atoms with van der Waals surface area (Å²) in [4.78, 5) is 25.1. The van der Waals surface area contributed by atoms with Gasteiger partial charge < -0.3 is 14.2 Å². The summed E-state index contributed by atoms with van der Waals surface area (Å²) in [6.45, 7) is 1.75. The van der Waals surface area contributed by atoms with Crippen LogP contribution < -0.4 is 18.5 Å². The highest BCUT2D eigenvalue weighted by Crippen LogP contribution is 2.30. The van der Waals surface area contributed by atoms with Crippen LogP contribution in [0, 0.1) is 6.92 Å². The lowest BCUT2D eigenvalue weighted by atomic mass is 10.3. The van der Waals surface area contributed by atoms with Gasteiger partial charge in [-0.05, 0) is 72.5 Å². The lowest BCUT2D eigenvalue weighted by Gasteiger charge is -2.21. The maximum Gasteiger partial charge on any atom is 0.519 e. The third-order valence-electron chi connectivity index (χ3n) is 4.53. The molecule has 0 aliphatic carbocycles. The number of thiophene rings is 1. The zero-order valence-electron chi connectivity index (χ0n) is 18.4. The van der Waals surface area contributed by atoms with E-state index in [-0.39, 0.29) is 21.4 Å². The van der Waals surface area contributed by atoms with E-state index in [0.717, 1.165) is 16.9 Å². The van der Waals surface area contributed by atoms with Gasteiger partial charge in [-0.1, -0.05) is 36.4 Å². The van der Waals surface area contributed by atoms with Crippen molar-refractivity contribution in [1.82, 2.24) is 0 Å². The van der Waals surface area contributed by atoms with Crippen molar-refractivity contribution in [1.29, 1.82) is 0 Å². The van der Waals surface area contributed by atoms with Crippen LogP contribution in [-0.2, 0) is 10.0 Å². The van der Waals surface area contributed by atoms with Gasteiger partial charge in [0.05, 0.1) is 5.69 Å². The molecule has 0 saturated heterocycles. The third-order valence-corrected chi connectivity index (χ3v) is 7.76. The van der Waals surface area contributed by atoms with Crippen molar-refractivity contribution < 1.29 is 32.2 Å². The lowest BCUT2D eigenvalue weighted by molar-refractivity contribution is 0.152. The molecule has 35 heavy (non-hydrogen) atoms. The number of rotatable bonds is 6. The van der Waals surface area contributed by atoms with E-state index < -0.39 is 22.3 Å². The molecule has 0 aliphatic rings. The molecule has 178 valence electrons. The number of carbonyl (C=O) groups is 2. The topological polar surface area (TPSA) is 99.2 Å². The van der Waals surface area contributed by atoms with Gasteiger partial charge in [-0.25, -0.2) is 9.59 Å². The molecule has 1 heterocycles. The van der Waals surface area contributed by atoms with Crippen LogP contribution in [0.4, 0.5) is 15.3 Å². The summed E-state index contributed by atoms with van der Waals surface area (Å²) in [7, 11) is -4.28. The molecule has 4 rings (SSSR count). The van der Waals surface area contributed by atoms with Crippen LogP contribution in [0.2, 0.25) is 0 Å². The van der Waals surface area contributed by atoms with Gasteiger partial charge >= 0.3 is 12.2 Å². The summed E-state index contributed by atoms with van der Waals surface area (Å²) in [6.07, 6.45) is -2.08. The first-order valence-electron chi connectivity index (χ1n) is 10.2. The number of nitrogens with zero attached hydrogens (tertiary/aromatic N) is 1. The standard InChI is InChI=1S/C25H19NO7S2/c1-18-16-23(34-17-18)35(29,30)26(24(27)31-20-8-4-2-5-9-20)19-12-14-22(15-13-19)33-25(28)32-21-10-6-3-7-11-21/h2-17H,1H3. The predicted molar refractivity (Wildman–Crippen MR) is 131 cm³/mol. The molecule has 0 atom stereocenters. The minimum atomic E-state index is -4.28. The van der Waals surface area contributed by atoms with Gasteiger partial charge in [0.2, 0.25) is 0 Å². The minimum absolute atomic E-state index is 0.000705. The first kappa shape index (κ1) is 24.0. The summed E-state index contributed by atoms with van der Waals surface area (Å²) < 4.78 is 42.8. The number of aryl methyl sites for hydroxylation is 1. The Hall–Kier alpha value is -4.15. The van der Waals surface area contributed by atoms with Crippen LogP contribution in [0.5, 0.6) is 17.2 Å². The molecule has 0 fully saturated rings. The molecule has 0 N–H and O–H groups in total. The number of benzene rings is 3. The molecule has 0 radical (unpaired) electrons. The molecule has 10 heteroatoms. The van der Waals surface area contributed by atoms with Gasteiger partial charge in [-0.15, -0.1) is 11.3 Å². The van der Waals surface area contributed by atoms with Gasteiger partial charge in [0.25, 0.3) is 10.0 Å². The van der Waals surface area contributed by atoms with Crippen molar-refractivity contribution >= 4 is 39.3 Å². The van der Waals surface area contributed by atoms with Gasteiger partial charge in [-0.3, -0.25) is 0 Å². The Morgan fingerprint density at radius 3 is 1.77 bits per heavy atom. The van der Waals surface area contributed by atoms with E-state index >= 15 is 0 Å². The number of anilines is 1. The molecule has 0 spiro atoms. The van der Waals surface area contributed by atoms with Crippen molar-refractivity contribution in [2.24, 2.45) is 0 Å². The van der Waals surface area contributed by atoms with E-state index in [1.165, 1.54) is 42.5 Å². The molecule has 0 bridgehead atoms. The maximum absolute atomic E-state index is 13.4. The average Bonchev–Trinajstić information content (AvgIpc) is 3.29. The summed E-state index contributed by atoms with van der Waals surface area (Å²) in [5.41, 5.74) is 0.742. The highest BCUT2D eigenvalue weighted by atomic mass is 32.2. The van der Waals surface area contributed by atoms with Crippen molar-refractivity contribution in [3.05, 3.63) is 102 Å². The number of ether oxygens (including phenoxy) is 3. The number of hydrogen-bond acceptors (Lipinski definition) is 8. The summed E-state index contributed by atoms with van der Waals surface area (Å²) in [5.74, 6) is 0.584. The van der Waals surface area contributed by atoms with E-state index in [4.69, 9.17) is 14.2 Å². The fraction of sp³-hybridized carbons (Fsp3) is 0.0400. The third kappa shape index (κ3) is 5.86. The van der Waals surface area contributed by atoms with Crippen molar-refractivity contribution in [2.45, 2.75) is 11.1 Å². The first-order valence-corrected chi connectivity index (χ1v) is 12.6. The van der Waals surface area contributed by atoms with Gasteiger partial charge in [0, 0.05) is 0 Å². The minimum Gasteiger partial charge on any atom is -0.409 e. The van der Waals surface area contributed by atoms with Crippen LogP contribution >= 0.6 is 11.3 Å². The highest BCUT2D eigenvalue weighted by Gasteiger charge is 2.34. The molecule has 8 nitrogen and oxygen atoms in total. The number of sulfonamides is 1. The SMILES string of the molecule is Cc1csc(S(=O)(=O)N(C(=O)Oc2ccccc2)c2ccc(OC(=O)Oc3ccccc3)cc2)c1. The normalized spacial score (nSPS) is 10.9. The Bertz CT molecular complexity index is 1420. The van der Waals surface area contributed by atoms with Crippen molar-refractivity contribution in [3.8, 4) is 17.2 Å². The van der Waals surface area contributed by atoms with Gasteiger partial charge in [-0.2, -0.15) is 12.7 Å². The second kappa shape index (κ2) is 10.4. The van der Waals surface area contributed by atoms with Gasteiger partial charge in [0.15, 0.2) is 0 Å². The summed E-state index contributed by atoms with van der Waals surface area (Å²) >= 11 is 0.992. The highest BCUT2D eigenvalue weighted by molar-refractivity contribution is 7.95. The second-order valence-corrected chi connectivity index (χ2v) is 10.1. The van der Waals surface area contributed by atoms with Crippen LogP contribution in [0.1, 0.15) is 5.56 Å². The fourth-order valence-corrected chi connectivity index (χ4v) is 5.58. The van der Waals surface area contributed by atoms with E-state index in [0.29, 0.717) is 10.1 Å². The lowest BCUT2D eigenvalue weighted by Crippen LogP contribution is -2.38. The molecule has 4 aromatic rings. The van der Waals surface area contributed by atoms with Crippen molar-refractivity contribution in [3.63, 3.8) is 0 Å². The largest absolute Gasteiger partial charge is 0.519 e. The van der Waals surface area contributed by atoms with Crippen LogP contribution in [-0.4, -0.2) is 20.7 Å². The van der Waals surface area contributed by atoms with Crippen LogP contribution in [0.15, 0.2) is 101 Å². The zero-order valence-corrected chi connectivity index (χ0v) is 20.0. The van der Waals surface area contributed by atoms with E-state index in [1.807, 2.05) is 0 Å². The number of amides is 1. The number of para-hydroxylation sites is 2. The van der Waals surface area contributed by atoms with E-state index in [2.05, 4.69) is 0 Å². The number of carbonyl (C=O) groups excluding carboxylic acids is 2. The molecular formula is C25H19NO7S2. The Morgan fingerprint density at radius 2 is 1.26 bits per heavy atom. The quantitative estimate of drug-likeness (QED) is 0.231. The monoisotopic (exact) mass is 509 g/mol. The molecule has 0 aliphatic heterocycles. The van der Waals surface area contributed by atoms with Gasteiger partial charge in [0.1, 0.15) is 21.5 Å². The van der Waals surface area contributed by atoms with Crippen LogP contribution in [0.25, 0.3) is 0 Å². The molecule has 0 unspecified atom stereocenters. The Labute approximate surface area is 206 Å². The average molecular weight is 510 g/mol. The van der Waals surface area contributed by atoms with E-state index in [1.54, 1.807) is 60.8 Å². The maximum atomic E-state index is 13.4. The van der Waals surface area contributed by atoms with Crippen molar-refractivity contribution in [2.75, 3.05) is 4.31 Å². The summed E-state index contributed by atoms with van der Waals surface area (Å²) in [5, 5.41) is 1.67. The zero-order chi connectivity index (χ0) is 24.8. The Morgan fingerprint density at radius 1 is 0.743 bits per heavy atom. The van der Waals surface area contributed by atoms with Crippen LogP contribution in [0.3, 0.4) is 0 Å². The molecule has 3 aromatic carbocycles. The molecular weight excluding hydrogens is 490 g/mol. The molecule has 1 aromatic heterocycles.